The highest BCUT2D eigenvalue weighted by Crippen LogP contribution is 2.22. The molecule has 1 aromatic carbocycles. The molecule has 0 spiro atoms. The molecule has 0 aliphatic carbocycles. The first-order valence-corrected chi connectivity index (χ1v) is 10.3. The molecule has 2 amide bonds. The lowest BCUT2D eigenvalue weighted by atomic mass is 10.2. The van der Waals surface area contributed by atoms with Crippen LogP contribution >= 0.6 is 11.8 Å². The Hall–Kier alpha value is -3.07. The van der Waals surface area contributed by atoms with Crippen molar-refractivity contribution in [2.24, 2.45) is 0 Å². The van der Waals surface area contributed by atoms with Gasteiger partial charge in [-0.1, -0.05) is 30.0 Å². The first kappa shape index (κ1) is 19.3. The molecular weight excluding hydrogens is 390 g/mol. The Labute approximate surface area is 172 Å². The number of piperazine rings is 1. The lowest BCUT2D eigenvalue weighted by Crippen LogP contribution is -2.51. The van der Waals surface area contributed by atoms with E-state index in [2.05, 4.69) is 10.2 Å². The van der Waals surface area contributed by atoms with Gasteiger partial charge < -0.3 is 14.2 Å². The van der Waals surface area contributed by atoms with Crippen LogP contribution in [0.5, 0.6) is 0 Å². The number of aryl methyl sites for hydroxylation is 1. The van der Waals surface area contributed by atoms with E-state index in [1.807, 2.05) is 35.8 Å². The average Bonchev–Trinajstić information content (AvgIpc) is 3.44. The number of hydrogen-bond acceptors (Lipinski definition) is 6. The highest BCUT2D eigenvalue weighted by atomic mass is 32.2. The van der Waals surface area contributed by atoms with Gasteiger partial charge in [0.2, 0.25) is 5.91 Å². The number of carbonyl (C=O) groups is 2. The predicted molar refractivity (Wildman–Crippen MR) is 108 cm³/mol. The molecule has 8 nitrogen and oxygen atoms in total. The van der Waals surface area contributed by atoms with Crippen molar-refractivity contribution in [2.45, 2.75) is 12.1 Å². The van der Waals surface area contributed by atoms with Crippen LogP contribution in [0, 0.1) is 6.92 Å². The Kier molecular flexibility index (Phi) is 5.66. The fourth-order valence-electron chi connectivity index (χ4n) is 3.25. The number of furan rings is 1. The fourth-order valence-corrected chi connectivity index (χ4v) is 4.08. The second kappa shape index (κ2) is 8.52. The minimum Gasteiger partial charge on any atom is -0.459 e. The summed E-state index contributed by atoms with van der Waals surface area (Å²) in [7, 11) is 0. The molecule has 29 heavy (non-hydrogen) atoms. The van der Waals surface area contributed by atoms with Crippen LogP contribution in [0.4, 0.5) is 0 Å². The molecule has 1 saturated heterocycles. The first-order chi connectivity index (χ1) is 14.1. The van der Waals surface area contributed by atoms with Crippen molar-refractivity contribution in [3.8, 4) is 5.69 Å². The van der Waals surface area contributed by atoms with Crippen LogP contribution in [0.2, 0.25) is 0 Å². The third-order valence-electron chi connectivity index (χ3n) is 4.87. The topological polar surface area (TPSA) is 84.5 Å². The number of carbonyl (C=O) groups excluding carboxylic acids is 2. The summed E-state index contributed by atoms with van der Waals surface area (Å²) in [6.07, 6.45) is 3.15. The average molecular weight is 411 g/mol. The van der Waals surface area contributed by atoms with Crippen molar-refractivity contribution >= 4 is 23.6 Å². The summed E-state index contributed by atoms with van der Waals surface area (Å²) in [5.41, 5.74) is 2.11. The van der Waals surface area contributed by atoms with Gasteiger partial charge in [0.15, 0.2) is 10.9 Å². The molecule has 3 aromatic rings. The van der Waals surface area contributed by atoms with E-state index in [1.54, 1.807) is 28.3 Å². The third kappa shape index (κ3) is 4.19. The van der Waals surface area contributed by atoms with Crippen molar-refractivity contribution in [2.75, 3.05) is 31.9 Å². The normalized spacial score (nSPS) is 14.2. The standard InChI is InChI=1S/C20H21N5O3S/c1-15-5-2-3-6-16(15)25-14-21-22-20(25)29-13-18(26)23-8-10-24(11-9-23)19(27)17-7-4-12-28-17/h2-7,12,14H,8-11,13H2,1H3. The maximum atomic E-state index is 12.6. The van der Waals surface area contributed by atoms with E-state index in [0.29, 0.717) is 37.1 Å². The van der Waals surface area contributed by atoms with Crippen molar-refractivity contribution in [3.63, 3.8) is 0 Å². The Bertz CT molecular complexity index is 993. The van der Waals surface area contributed by atoms with Gasteiger partial charge >= 0.3 is 0 Å². The molecule has 0 bridgehead atoms. The van der Waals surface area contributed by atoms with E-state index < -0.39 is 0 Å². The number of amides is 2. The van der Waals surface area contributed by atoms with Crippen LogP contribution in [0.15, 0.2) is 58.6 Å². The lowest BCUT2D eigenvalue weighted by molar-refractivity contribution is -0.129. The van der Waals surface area contributed by atoms with E-state index >= 15 is 0 Å². The molecule has 1 aliphatic rings. The molecule has 0 saturated carbocycles. The van der Waals surface area contributed by atoms with Crippen LogP contribution in [-0.2, 0) is 4.79 Å². The van der Waals surface area contributed by atoms with Gasteiger partial charge in [0.1, 0.15) is 6.33 Å². The minimum absolute atomic E-state index is 0.0273. The van der Waals surface area contributed by atoms with Crippen LogP contribution in [0.3, 0.4) is 0 Å². The number of benzene rings is 1. The van der Waals surface area contributed by atoms with E-state index in [4.69, 9.17) is 4.42 Å². The SMILES string of the molecule is Cc1ccccc1-n1cnnc1SCC(=O)N1CCN(C(=O)c2ccco2)CC1. The second-order valence-corrected chi connectivity index (χ2v) is 7.65. The van der Waals surface area contributed by atoms with E-state index in [0.717, 1.165) is 11.3 Å². The lowest BCUT2D eigenvalue weighted by Gasteiger charge is -2.34. The van der Waals surface area contributed by atoms with Gasteiger partial charge in [0, 0.05) is 26.2 Å². The summed E-state index contributed by atoms with van der Waals surface area (Å²) in [6, 6.07) is 11.3. The summed E-state index contributed by atoms with van der Waals surface area (Å²) >= 11 is 1.37. The van der Waals surface area contributed by atoms with Gasteiger partial charge in [0.25, 0.3) is 5.91 Å². The molecule has 9 heteroatoms. The van der Waals surface area contributed by atoms with Crippen molar-refractivity contribution < 1.29 is 14.0 Å². The summed E-state index contributed by atoms with van der Waals surface area (Å²) in [4.78, 5) is 28.5. The van der Waals surface area contributed by atoms with Crippen molar-refractivity contribution in [1.29, 1.82) is 0 Å². The first-order valence-electron chi connectivity index (χ1n) is 9.33. The highest BCUT2D eigenvalue weighted by molar-refractivity contribution is 7.99. The van der Waals surface area contributed by atoms with Gasteiger partial charge in [-0.3, -0.25) is 14.2 Å². The van der Waals surface area contributed by atoms with Crippen molar-refractivity contribution in [1.82, 2.24) is 24.6 Å². The molecule has 3 heterocycles. The number of para-hydroxylation sites is 1. The van der Waals surface area contributed by atoms with Gasteiger partial charge in [-0.05, 0) is 30.7 Å². The molecule has 0 radical (unpaired) electrons. The summed E-state index contributed by atoms with van der Waals surface area (Å²) in [6.45, 7) is 4.04. The monoisotopic (exact) mass is 411 g/mol. The summed E-state index contributed by atoms with van der Waals surface area (Å²) in [5, 5.41) is 8.83. The maximum absolute atomic E-state index is 12.6. The van der Waals surface area contributed by atoms with Gasteiger partial charge in [-0.2, -0.15) is 0 Å². The molecule has 150 valence electrons. The van der Waals surface area contributed by atoms with Crippen LogP contribution in [0.1, 0.15) is 16.1 Å². The Morgan fingerprint density at radius 1 is 1.07 bits per heavy atom. The van der Waals surface area contributed by atoms with Crippen LogP contribution < -0.4 is 0 Å². The number of nitrogens with zero attached hydrogens (tertiary/aromatic N) is 5. The summed E-state index contributed by atoms with van der Waals surface area (Å²) < 4.78 is 7.06. The number of hydrogen-bond donors (Lipinski definition) is 0. The van der Waals surface area contributed by atoms with Gasteiger partial charge in [-0.25, -0.2) is 0 Å². The molecule has 4 rings (SSSR count). The fraction of sp³-hybridized carbons (Fsp3) is 0.300. The minimum atomic E-state index is -0.136. The molecule has 1 fully saturated rings. The van der Waals surface area contributed by atoms with Gasteiger partial charge in [0.05, 0.1) is 17.7 Å². The molecular formula is C20H21N5O3S. The quantitative estimate of drug-likeness (QED) is 0.599. The van der Waals surface area contributed by atoms with Crippen LogP contribution in [0.25, 0.3) is 5.69 Å². The molecule has 0 atom stereocenters. The van der Waals surface area contributed by atoms with Crippen LogP contribution in [-0.4, -0.2) is 68.3 Å². The Morgan fingerprint density at radius 2 is 1.83 bits per heavy atom. The second-order valence-electron chi connectivity index (χ2n) is 6.71. The van der Waals surface area contributed by atoms with E-state index in [1.165, 1.54) is 18.0 Å². The highest BCUT2D eigenvalue weighted by Gasteiger charge is 2.26. The number of rotatable bonds is 5. The van der Waals surface area contributed by atoms with E-state index in [-0.39, 0.29) is 17.6 Å². The van der Waals surface area contributed by atoms with Crippen molar-refractivity contribution in [3.05, 3.63) is 60.3 Å². The molecule has 0 N–H and O–H groups in total. The maximum Gasteiger partial charge on any atom is 0.289 e. The largest absolute Gasteiger partial charge is 0.459 e. The van der Waals surface area contributed by atoms with E-state index in [9.17, 15) is 9.59 Å². The Morgan fingerprint density at radius 3 is 2.55 bits per heavy atom. The predicted octanol–water partition coefficient (Wildman–Crippen LogP) is 2.25. The Balaban J connectivity index is 1.32. The smallest absolute Gasteiger partial charge is 0.289 e. The molecule has 1 aliphatic heterocycles. The third-order valence-corrected chi connectivity index (χ3v) is 5.80. The molecule has 0 unspecified atom stereocenters. The summed E-state index contributed by atoms with van der Waals surface area (Å²) in [5.74, 6) is 0.495. The molecule has 2 aromatic heterocycles. The zero-order valence-electron chi connectivity index (χ0n) is 16.0. The number of thioether (sulfide) groups is 1. The zero-order valence-corrected chi connectivity index (χ0v) is 16.8. The number of aromatic nitrogens is 3. The zero-order chi connectivity index (χ0) is 20.2. The van der Waals surface area contributed by atoms with Gasteiger partial charge in [-0.15, -0.1) is 10.2 Å².